The van der Waals surface area contributed by atoms with Crippen molar-refractivity contribution >= 4 is 23.6 Å². The van der Waals surface area contributed by atoms with Crippen LogP contribution in [0.15, 0.2) is 6.07 Å². The number of piperidine rings is 1. The number of carboxylic acid groups (broad SMARTS) is 1. The molecule has 0 radical (unpaired) electrons. The molecule has 1 aromatic rings. The number of Topliss-reactive ketones (excluding diaryl/α,β-unsaturated/α-hetero) is 1. The summed E-state index contributed by atoms with van der Waals surface area (Å²) in [6.45, 7) is -0.363. The fourth-order valence-corrected chi connectivity index (χ4v) is 8.92. The Kier molecular flexibility index (Phi) is 6.80. The first-order valence-electron chi connectivity index (χ1n) is 14.2. The van der Waals surface area contributed by atoms with Crippen LogP contribution in [0.25, 0.3) is 0 Å². The molecule has 2 N–H and O–H groups in total. The number of ether oxygens (including phenoxy) is 1. The van der Waals surface area contributed by atoms with Crippen LogP contribution in [-0.4, -0.2) is 59.3 Å². The highest BCUT2D eigenvalue weighted by molar-refractivity contribution is 5.93. The minimum atomic E-state index is -1.85. The third kappa shape index (κ3) is 4.57. The monoisotopic (exact) mass is 580 g/mol. The minimum absolute atomic E-state index is 0.0169. The summed E-state index contributed by atoms with van der Waals surface area (Å²) >= 11 is 0. The van der Waals surface area contributed by atoms with Crippen molar-refractivity contribution in [2.24, 2.45) is 34.5 Å². The van der Waals surface area contributed by atoms with Crippen LogP contribution in [0.4, 0.5) is 17.6 Å². The van der Waals surface area contributed by atoms with Crippen LogP contribution in [0.3, 0.4) is 0 Å². The number of nitrogens with zero attached hydrogens (tertiary/aromatic N) is 1. The third-order valence-electron chi connectivity index (χ3n) is 10.6. The number of ketones is 1. The normalized spacial score (nSPS) is 32.3. The van der Waals surface area contributed by atoms with Crippen molar-refractivity contribution in [3.05, 3.63) is 29.3 Å². The number of benzene rings is 1. The number of halogens is 4. The summed E-state index contributed by atoms with van der Waals surface area (Å²) < 4.78 is 59.3. The summed E-state index contributed by atoms with van der Waals surface area (Å²) in [5, 5.41) is 11.6. The zero-order chi connectivity index (χ0) is 29.3. The SMILES string of the molecule is O=C(O)CC(NC(=O)C1CCN(C(=O)C23CC4CC5CC(C2)C5(C4)C3)CC1)C(=O)COc1c(F)c(F)cc(F)c1F. The molecular formula is C29H32F4N2O6. The number of carbonyl (C=O) groups is 4. The number of rotatable bonds is 9. The number of fused-ring (bicyclic) bond motifs is 2. The zero-order valence-electron chi connectivity index (χ0n) is 22.4. The molecule has 1 aliphatic heterocycles. The average Bonchev–Trinajstić information content (AvgIpc) is 3.25. The van der Waals surface area contributed by atoms with Crippen LogP contribution in [0, 0.1) is 57.8 Å². The summed E-state index contributed by atoms with van der Waals surface area (Å²) in [4.78, 5) is 52.6. The van der Waals surface area contributed by atoms with Gasteiger partial charge in [0.1, 0.15) is 12.6 Å². The molecule has 5 aliphatic rings. The lowest BCUT2D eigenvalue weighted by atomic mass is 9.55. The molecule has 0 aromatic heterocycles. The van der Waals surface area contributed by atoms with Crippen LogP contribution in [0.5, 0.6) is 5.75 Å². The highest BCUT2D eigenvalue weighted by Gasteiger charge is 2.72. The van der Waals surface area contributed by atoms with Gasteiger partial charge in [0.05, 0.1) is 11.8 Å². The zero-order valence-corrected chi connectivity index (χ0v) is 22.4. The molecule has 3 bridgehead atoms. The molecule has 8 nitrogen and oxygen atoms in total. The Morgan fingerprint density at radius 2 is 1.68 bits per heavy atom. The molecule has 12 heteroatoms. The third-order valence-corrected chi connectivity index (χ3v) is 10.6. The number of aliphatic carboxylic acids is 1. The Balaban J connectivity index is 1.05. The largest absolute Gasteiger partial charge is 0.481 e. The maximum Gasteiger partial charge on any atom is 0.305 e. The van der Waals surface area contributed by atoms with Crippen LogP contribution in [0.1, 0.15) is 57.8 Å². The first-order chi connectivity index (χ1) is 19.4. The van der Waals surface area contributed by atoms with E-state index >= 15 is 0 Å². The Morgan fingerprint density at radius 1 is 1.00 bits per heavy atom. The Hall–Kier alpha value is -3.18. The number of carboxylic acids is 1. The molecule has 6 unspecified atom stereocenters. The van der Waals surface area contributed by atoms with Gasteiger partial charge in [-0.2, -0.15) is 8.78 Å². The van der Waals surface area contributed by atoms with Crippen molar-refractivity contribution < 1.29 is 46.6 Å². The lowest BCUT2D eigenvalue weighted by Crippen LogP contribution is -2.51. The van der Waals surface area contributed by atoms with Gasteiger partial charge in [0.2, 0.25) is 23.4 Å². The topological polar surface area (TPSA) is 113 Å². The summed E-state index contributed by atoms with van der Waals surface area (Å²) in [7, 11) is 0. The van der Waals surface area contributed by atoms with Crippen LogP contribution in [-0.2, 0) is 19.2 Å². The van der Waals surface area contributed by atoms with Gasteiger partial charge in [-0.25, -0.2) is 8.78 Å². The lowest BCUT2D eigenvalue weighted by molar-refractivity contribution is -0.147. The van der Waals surface area contributed by atoms with Gasteiger partial charge < -0.3 is 20.1 Å². The molecule has 1 saturated heterocycles. The summed E-state index contributed by atoms with van der Waals surface area (Å²) in [5.41, 5.74) is 0.100. The van der Waals surface area contributed by atoms with Gasteiger partial charge in [-0.1, -0.05) is 0 Å². The lowest BCUT2D eigenvalue weighted by Gasteiger charge is -2.49. The fourth-order valence-electron chi connectivity index (χ4n) is 8.92. The molecule has 5 fully saturated rings. The van der Waals surface area contributed by atoms with E-state index in [1.165, 1.54) is 19.3 Å². The predicted molar refractivity (Wildman–Crippen MR) is 133 cm³/mol. The van der Waals surface area contributed by atoms with E-state index in [2.05, 4.69) is 10.1 Å². The Morgan fingerprint density at radius 3 is 2.34 bits per heavy atom. The van der Waals surface area contributed by atoms with Crippen molar-refractivity contribution in [3.63, 3.8) is 0 Å². The molecule has 4 aliphatic carbocycles. The van der Waals surface area contributed by atoms with Crippen molar-refractivity contribution in [3.8, 4) is 5.75 Å². The van der Waals surface area contributed by atoms with Gasteiger partial charge >= 0.3 is 5.97 Å². The molecule has 6 atom stereocenters. The fraction of sp³-hybridized carbons (Fsp3) is 0.655. The number of likely N-dealkylation sites (tertiary alicyclic amines) is 1. The van der Waals surface area contributed by atoms with E-state index in [9.17, 15) is 41.8 Å². The molecule has 1 aromatic carbocycles. The van der Waals surface area contributed by atoms with Crippen molar-refractivity contribution in [2.75, 3.05) is 19.7 Å². The van der Waals surface area contributed by atoms with E-state index < -0.39 is 71.7 Å². The predicted octanol–water partition coefficient (Wildman–Crippen LogP) is 3.61. The van der Waals surface area contributed by atoms with Gasteiger partial charge in [0.25, 0.3) is 0 Å². The van der Waals surface area contributed by atoms with E-state index in [0.717, 1.165) is 25.2 Å². The standard InChI is InChI=1S/C29H32F4N2O6/c30-18-7-19(31)24(33)25(23(18)32)41-12-21(36)20(8-22(37)38)34-26(39)15-1-3-35(4-2-15)27(40)28-9-14-5-16-6-17(11-28)29(16,10-14)13-28/h7,14-17,20H,1-6,8-13H2,(H,34,39)(H,37,38). The van der Waals surface area contributed by atoms with E-state index in [1.54, 1.807) is 0 Å². The summed E-state index contributed by atoms with van der Waals surface area (Å²) in [6, 6.07) is -1.61. The van der Waals surface area contributed by atoms with E-state index in [-0.39, 0.29) is 17.4 Å². The van der Waals surface area contributed by atoms with Gasteiger partial charge in [-0.15, -0.1) is 0 Å². The average molecular weight is 581 g/mol. The Labute approximate surface area is 233 Å². The summed E-state index contributed by atoms with van der Waals surface area (Å²) in [5.74, 6) is -9.96. The number of carbonyl (C=O) groups excluding carboxylic acids is 3. The van der Waals surface area contributed by atoms with Gasteiger partial charge in [0, 0.05) is 25.1 Å². The van der Waals surface area contributed by atoms with Crippen molar-refractivity contribution in [1.29, 1.82) is 0 Å². The van der Waals surface area contributed by atoms with Crippen LogP contribution < -0.4 is 10.1 Å². The smallest absolute Gasteiger partial charge is 0.305 e. The molecule has 222 valence electrons. The second-order valence-electron chi connectivity index (χ2n) is 12.8. The van der Waals surface area contributed by atoms with E-state index in [4.69, 9.17) is 0 Å². The highest BCUT2D eigenvalue weighted by Crippen LogP contribution is 2.79. The van der Waals surface area contributed by atoms with Crippen molar-refractivity contribution in [1.82, 2.24) is 10.2 Å². The summed E-state index contributed by atoms with van der Waals surface area (Å²) in [6.07, 6.45) is 6.54. The molecule has 4 saturated carbocycles. The van der Waals surface area contributed by atoms with Crippen molar-refractivity contribution in [2.45, 2.75) is 63.8 Å². The number of hydrogen-bond donors (Lipinski definition) is 2. The number of hydrogen-bond acceptors (Lipinski definition) is 5. The number of amides is 2. The maximum atomic E-state index is 13.9. The minimum Gasteiger partial charge on any atom is -0.481 e. The molecule has 1 heterocycles. The van der Waals surface area contributed by atoms with E-state index in [0.29, 0.717) is 43.2 Å². The maximum absolute atomic E-state index is 13.9. The van der Waals surface area contributed by atoms with Crippen LogP contribution in [0.2, 0.25) is 0 Å². The quantitative estimate of drug-likeness (QED) is 0.341. The molecular weight excluding hydrogens is 548 g/mol. The first kappa shape index (κ1) is 28.0. The molecule has 1 spiro atoms. The first-order valence-corrected chi connectivity index (χ1v) is 14.2. The van der Waals surface area contributed by atoms with Crippen LogP contribution >= 0.6 is 0 Å². The number of nitrogens with one attached hydrogen (secondary N) is 1. The van der Waals surface area contributed by atoms with Gasteiger partial charge in [-0.3, -0.25) is 19.2 Å². The molecule has 41 heavy (non-hydrogen) atoms. The van der Waals surface area contributed by atoms with Gasteiger partial charge in [-0.05, 0) is 74.5 Å². The van der Waals surface area contributed by atoms with Gasteiger partial charge in [0.15, 0.2) is 23.2 Å². The Bertz CT molecular complexity index is 1290. The molecule has 2 amide bonds. The second kappa shape index (κ2) is 9.97. The molecule has 6 rings (SSSR count). The second-order valence-corrected chi connectivity index (χ2v) is 12.8. The highest BCUT2D eigenvalue weighted by atomic mass is 19.2. The van der Waals surface area contributed by atoms with E-state index in [1.807, 2.05) is 4.90 Å².